The molecule has 2 aromatic rings. The normalized spacial score (nSPS) is 20.6. The minimum Gasteiger partial charge on any atom is -0.353 e. The fourth-order valence-corrected chi connectivity index (χ4v) is 3.97. The second-order valence-electron chi connectivity index (χ2n) is 6.66. The minimum atomic E-state index is -0.573. The van der Waals surface area contributed by atoms with Gasteiger partial charge < -0.3 is 20.1 Å². The van der Waals surface area contributed by atoms with Gasteiger partial charge in [-0.3, -0.25) is 4.79 Å². The minimum absolute atomic E-state index is 0.283. The Hall–Kier alpha value is -2.74. The number of aromatic nitrogens is 2. The van der Waals surface area contributed by atoms with Gasteiger partial charge in [0.15, 0.2) is 6.04 Å². The maximum Gasteiger partial charge on any atom is 0.258 e. The molecule has 0 spiro atoms. The summed E-state index contributed by atoms with van der Waals surface area (Å²) in [6, 6.07) is 1.54. The van der Waals surface area contributed by atoms with Crippen LogP contribution in [0.15, 0.2) is 23.5 Å². The van der Waals surface area contributed by atoms with Gasteiger partial charge in [0.05, 0.1) is 23.5 Å². The van der Waals surface area contributed by atoms with E-state index in [9.17, 15) is 10.1 Å². The van der Waals surface area contributed by atoms with E-state index in [0.29, 0.717) is 16.8 Å². The molecular weight excluding hydrogens is 364 g/mol. The Balaban J connectivity index is 1.58. The van der Waals surface area contributed by atoms with E-state index in [1.54, 1.807) is 29.8 Å². The Bertz CT molecular complexity index is 940. The molecule has 140 valence electrons. The lowest BCUT2D eigenvalue weighted by molar-refractivity contribution is 0.0966. The largest absolute Gasteiger partial charge is 0.353 e. The number of thiophene rings is 1. The molecule has 1 atom stereocenters. The average Bonchev–Trinajstić information content (AvgIpc) is 3.24. The maximum atomic E-state index is 12.8. The molecule has 1 amide bonds. The summed E-state index contributed by atoms with van der Waals surface area (Å²) >= 11 is 1.39. The van der Waals surface area contributed by atoms with Gasteiger partial charge in [-0.25, -0.2) is 15.4 Å². The van der Waals surface area contributed by atoms with E-state index >= 15 is 0 Å². The van der Waals surface area contributed by atoms with Crippen molar-refractivity contribution in [1.82, 2.24) is 30.6 Å². The van der Waals surface area contributed by atoms with Crippen LogP contribution in [0.3, 0.4) is 0 Å². The summed E-state index contributed by atoms with van der Waals surface area (Å²) in [5, 5.41) is 15.5. The van der Waals surface area contributed by atoms with Crippen molar-refractivity contribution >= 4 is 33.4 Å². The lowest BCUT2D eigenvalue weighted by atomic mass is 10.2. The maximum absolute atomic E-state index is 12.8. The number of hydrazine groups is 1. The summed E-state index contributed by atoms with van der Waals surface area (Å²) in [6.07, 6.45) is 3.47. The molecule has 9 nitrogen and oxygen atoms in total. The molecule has 0 radical (unpaired) electrons. The first-order valence-electron chi connectivity index (χ1n) is 8.64. The van der Waals surface area contributed by atoms with Gasteiger partial charge in [-0.1, -0.05) is 0 Å². The second kappa shape index (κ2) is 7.11. The van der Waals surface area contributed by atoms with E-state index < -0.39 is 6.04 Å². The Kier molecular flexibility index (Phi) is 4.65. The number of likely N-dealkylation sites (N-methyl/N-ethyl adjacent to an activating group) is 1. The lowest BCUT2D eigenvalue weighted by Crippen LogP contribution is -2.44. The van der Waals surface area contributed by atoms with Gasteiger partial charge in [0.1, 0.15) is 16.2 Å². The standard InChI is InChI=1S/C17H20N8OS/c1-23-3-5-25(6-4-23)14-8-19-17-15(21-14)11(10-27-17)16(26)20-13-9-24(2)22-12(13)7-18/h8-10,12,22H,3-6H2,1-2H3,(H,20,26). The fourth-order valence-electron chi connectivity index (χ4n) is 3.14. The smallest absolute Gasteiger partial charge is 0.258 e. The quantitative estimate of drug-likeness (QED) is 0.782. The van der Waals surface area contributed by atoms with Crippen LogP contribution in [0.4, 0.5) is 5.82 Å². The third kappa shape index (κ3) is 3.44. The zero-order valence-corrected chi connectivity index (χ0v) is 16.0. The van der Waals surface area contributed by atoms with E-state index in [0.717, 1.165) is 36.8 Å². The summed E-state index contributed by atoms with van der Waals surface area (Å²) in [4.78, 5) is 27.2. The van der Waals surface area contributed by atoms with Crippen LogP contribution in [-0.4, -0.2) is 72.1 Å². The van der Waals surface area contributed by atoms with Crippen molar-refractivity contribution in [2.75, 3.05) is 45.2 Å². The van der Waals surface area contributed by atoms with Crippen LogP contribution in [0, 0.1) is 11.3 Å². The molecule has 2 N–H and O–H groups in total. The third-order valence-electron chi connectivity index (χ3n) is 4.71. The topological polar surface area (TPSA) is 100 Å². The number of hydrogen-bond acceptors (Lipinski definition) is 9. The highest BCUT2D eigenvalue weighted by molar-refractivity contribution is 7.17. The molecule has 2 aromatic heterocycles. The molecule has 4 heterocycles. The summed E-state index contributed by atoms with van der Waals surface area (Å²) < 4.78 is 0. The van der Waals surface area contributed by atoms with Crippen LogP contribution in [0.2, 0.25) is 0 Å². The summed E-state index contributed by atoms with van der Waals surface area (Å²) in [7, 11) is 3.88. The first kappa shape index (κ1) is 17.7. The monoisotopic (exact) mass is 384 g/mol. The van der Waals surface area contributed by atoms with Gasteiger partial charge in [0.25, 0.3) is 5.91 Å². The van der Waals surface area contributed by atoms with E-state index in [4.69, 9.17) is 4.98 Å². The highest BCUT2D eigenvalue weighted by atomic mass is 32.1. The van der Waals surface area contributed by atoms with Crippen molar-refractivity contribution in [3.63, 3.8) is 0 Å². The van der Waals surface area contributed by atoms with Crippen LogP contribution >= 0.6 is 11.3 Å². The summed E-state index contributed by atoms with van der Waals surface area (Å²) in [5.74, 6) is 0.508. The molecule has 27 heavy (non-hydrogen) atoms. The highest BCUT2D eigenvalue weighted by Gasteiger charge is 2.25. The Morgan fingerprint density at radius 1 is 1.37 bits per heavy atom. The number of nitriles is 1. The van der Waals surface area contributed by atoms with Crippen molar-refractivity contribution in [3.05, 3.63) is 29.0 Å². The number of fused-ring (bicyclic) bond motifs is 1. The van der Waals surface area contributed by atoms with Crippen LogP contribution in [-0.2, 0) is 0 Å². The van der Waals surface area contributed by atoms with Gasteiger partial charge in [-0.15, -0.1) is 11.3 Å². The van der Waals surface area contributed by atoms with Crippen LogP contribution in [0.25, 0.3) is 10.3 Å². The Morgan fingerprint density at radius 2 is 2.15 bits per heavy atom. The molecule has 0 aromatic carbocycles. The van der Waals surface area contributed by atoms with Crippen molar-refractivity contribution in [1.29, 1.82) is 5.26 Å². The average molecular weight is 384 g/mol. The number of hydrogen-bond donors (Lipinski definition) is 2. The first-order valence-corrected chi connectivity index (χ1v) is 9.52. The van der Waals surface area contributed by atoms with E-state index in [-0.39, 0.29) is 5.91 Å². The van der Waals surface area contributed by atoms with Gasteiger partial charge in [-0.05, 0) is 7.05 Å². The molecule has 1 unspecified atom stereocenters. The van der Waals surface area contributed by atoms with Gasteiger partial charge >= 0.3 is 0 Å². The number of nitrogens with one attached hydrogen (secondary N) is 2. The van der Waals surface area contributed by atoms with Crippen LogP contribution < -0.4 is 15.6 Å². The predicted octanol–water partition coefficient (Wildman–Crippen LogP) is 0.356. The molecule has 4 rings (SSSR count). The first-order chi connectivity index (χ1) is 13.0. The third-order valence-corrected chi connectivity index (χ3v) is 5.58. The number of nitrogens with zero attached hydrogens (tertiary/aromatic N) is 6. The molecule has 2 aliphatic heterocycles. The SMILES string of the molecule is CN1CCN(c2cnc3scc(C(=O)NC4=CN(C)NC4C#N)c3n2)CC1. The van der Waals surface area contributed by atoms with E-state index in [1.165, 1.54) is 11.3 Å². The fraction of sp³-hybridized carbons (Fsp3) is 0.412. The van der Waals surface area contributed by atoms with Crippen LogP contribution in [0.1, 0.15) is 10.4 Å². The van der Waals surface area contributed by atoms with E-state index in [2.05, 4.69) is 38.6 Å². The number of rotatable bonds is 3. The van der Waals surface area contributed by atoms with Crippen molar-refractivity contribution in [3.8, 4) is 6.07 Å². The number of anilines is 1. The van der Waals surface area contributed by atoms with Gasteiger partial charge in [-0.2, -0.15) is 5.26 Å². The molecular formula is C17H20N8OS. The second-order valence-corrected chi connectivity index (χ2v) is 7.52. The number of carbonyl (C=O) groups excluding carboxylic acids is 1. The van der Waals surface area contributed by atoms with Gasteiger partial charge in [0, 0.05) is 44.8 Å². The molecule has 0 saturated carbocycles. The van der Waals surface area contributed by atoms with Crippen molar-refractivity contribution < 1.29 is 4.79 Å². The molecule has 0 bridgehead atoms. The molecule has 2 aliphatic rings. The molecule has 1 saturated heterocycles. The number of carbonyl (C=O) groups is 1. The zero-order chi connectivity index (χ0) is 19.0. The molecule has 0 aliphatic carbocycles. The predicted molar refractivity (Wildman–Crippen MR) is 103 cm³/mol. The number of amides is 1. The summed E-state index contributed by atoms with van der Waals surface area (Å²) in [5.41, 5.74) is 4.52. The van der Waals surface area contributed by atoms with Crippen LogP contribution in [0.5, 0.6) is 0 Å². The summed E-state index contributed by atoms with van der Waals surface area (Å²) in [6.45, 7) is 3.72. The molecule has 1 fully saturated rings. The van der Waals surface area contributed by atoms with E-state index in [1.807, 2.05) is 0 Å². The Labute approximate surface area is 160 Å². The lowest BCUT2D eigenvalue weighted by Gasteiger charge is -2.32. The number of piperazine rings is 1. The molecule has 10 heteroatoms. The van der Waals surface area contributed by atoms with Crippen molar-refractivity contribution in [2.45, 2.75) is 6.04 Å². The zero-order valence-electron chi connectivity index (χ0n) is 15.1. The Morgan fingerprint density at radius 3 is 2.89 bits per heavy atom. The highest BCUT2D eigenvalue weighted by Crippen LogP contribution is 2.25. The van der Waals surface area contributed by atoms with Crippen molar-refractivity contribution in [2.24, 2.45) is 0 Å². The van der Waals surface area contributed by atoms with Gasteiger partial charge in [0.2, 0.25) is 0 Å².